The highest BCUT2D eigenvalue weighted by atomic mass is 35.5. The quantitative estimate of drug-likeness (QED) is 0.739. The summed E-state index contributed by atoms with van der Waals surface area (Å²) >= 11 is 6.13. The lowest BCUT2D eigenvalue weighted by Gasteiger charge is -2.19. The van der Waals surface area contributed by atoms with Crippen LogP contribution in [0.1, 0.15) is 19.3 Å². The van der Waals surface area contributed by atoms with Crippen LogP contribution in [-0.4, -0.2) is 11.8 Å². The predicted octanol–water partition coefficient (Wildman–Crippen LogP) is 2.88. The number of anilines is 1. The standard InChI is InChI=1S/C15H14ClNO2/c16-10-3-1-2-4-11(10)17-14(18)12-8-5-6-9(7-8)13(12)15(17)19/h1-4,8-9,12-13H,5-7H2/t8-,9-,12-,13+/m1/s1. The van der Waals surface area contributed by atoms with Crippen LogP contribution < -0.4 is 4.90 Å². The molecular formula is C15H14ClNO2. The minimum absolute atomic E-state index is 0.0321. The monoisotopic (exact) mass is 275 g/mol. The van der Waals surface area contributed by atoms with E-state index in [1.54, 1.807) is 18.2 Å². The molecular weight excluding hydrogens is 262 g/mol. The fraction of sp³-hybridized carbons (Fsp3) is 0.467. The molecule has 0 N–H and O–H groups in total. The summed E-state index contributed by atoms with van der Waals surface area (Å²) in [5.41, 5.74) is 0.549. The summed E-state index contributed by atoms with van der Waals surface area (Å²) in [6.07, 6.45) is 3.26. The minimum Gasteiger partial charge on any atom is -0.274 e. The molecule has 1 aliphatic heterocycles. The average Bonchev–Trinajstić information content (AvgIpc) is 3.06. The molecule has 1 saturated heterocycles. The first-order chi connectivity index (χ1) is 9.18. The summed E-state index contributed by atoms with van der Waals surface area (Å²) in [5, 5.41) is 0.469. The van der Waals surface area contributed by atoms with Gasteiger partial charge in [0.05, 0.1) is 22.5 Å². The van der Waals surface area contributed by atoms with Crippen molar-refractivity contribution in [3.05, 3.63) is 29.3 Å². The van der Waals surface area contributed by atoms with Crippen molar-refractivity contribution >= 4 is 29.1 Å². The number of imide groups is 1. The molecule has 2 bridgehead atoms. The Bertz CT molecular complexity index is 557. The Morgan fingerprint density at radius 2 is 1.58 bits per heavy atom. The van der Waals surface area contributed by atoms with E-state index >= 15 is 0 Å². The van der Waals surface area contributed by atoms with E-state index in [1.807, 2.05) is 6.07 Å². The van der Waals surface area contributed by atoms with Crippen LogP contribution in [0.25, 0.3) is 0 Å². The van der Waals surface area contributed by atoms with Crippen LogP contribution in [-0.2, 0) is 9.59 Å². The Morgan fingerprint density at radius 1 is 1.00 bits per heavy atom. The lowest BCUT2D eigenvalue weighted by atomic mass is 9.81. The van der Waals surface area contributed by atoms with E-state index in [-0.39, 0.29) is 23.7 Å². The molecule has 0 unspecified atom stereocenters. The molecule has 2 aliphatic carbocycles. The van der Waals surface area contributed by atoms with Gasteiger partial charge < -0.3 is 0 Å². The fourth-order valence-corrected chi connectivity index (χ4v) is 4.50. The number of amides is 2. The summed E-state index contributed by atoms with van der Waals surface area (Å²) in [6.45, 7) is 0. The number of nitrogens with zero attached hydrogens (tertiary/aromatic N) is 1. The number of hydrogen-bond donors (Lipinski definition) is 0. The van der Waals surface area contributed by atoms with Gasteiger partial charge in [-0.3, -0.25) is 9.59 Å². The number of carbonyl (C=O) groups excluding carboxylic acids is 2. The number of fused-ring (bicyclic) bond motifs is 5. The van der Waals surface area contributed by atoms with Crippen LogP contribution >= 0.6 is 11.6 Å². The van der Waals surface area contributed by atoms with Gasteiger partial charge in [0.25, 0.3) is 0 Å². The zero-order valence-corrected chi connectivity index (χ0v) is 11.1. The molecule has 3 fully saturated rings. The molecule has 0 spiro atoms. The van der Waals surface area contributed by atoms with Crippen molar-refractivity contribution in [2.24, 2.45) is 23.7 Å². The van der Waals surface area contributed by atoms with E-state index in [1.165, 1.54) is 4.90 Å². The third kappa shape index (κ3) is 1.39. The lowest BCUT2D eigenvalue weighted by molar-refractivity contribution is -0.123. The normalized spacial score (nSPS) is 36.2. The van der Waals surface area contributed by atoms with Crippen LogP contribution in [0, 0.1) is 23.7 Å². The fourth-order valence-electron chi connectivity index (χ4n) is 4.28. The summed E-state index contributed by atoms with van der Waals surface area (Å²) < 4.78 is 0. The van der Waals surface area contributed by atoms with E-state index in [0.717, 1.165) is 19.3 Å². The minimum atomic E-state index is -0.0810. The smallest absolute Gasteiger partial charge is 0.238 e. The van der Waals surface area contributed by atoms with Gasteiger partial charge in [-0.15, -0.1) is 0 Å². The molecule has 1 heterocycles. The molecule has 98 valence electrons. The third-order valence-corrected chi connectivity index (χ3v) is 5.34. The molecule has 3 aliphatic rings. The van der Waals surface area contributed by atoms with E-state index in [2.05, 4.69) is 0 Å². The molecule has 19 heavy (non-hydrogen) atoms. The first-order valence-electron chi connectivity index (χ1n) is 6.81. The van der Waals surface area contributed by atoms with Crippen molar-refractivity contribution < 1.29 is 9.59 Å². The van der Waals surface area contributed by atoms with Gasteiger partial charge in [-0.2, -0.15) is 0 Å². The summed E-state index contributed by atoms with van der Waals surface area (Å²) in [5.74, 6) is 0.605. The lowest BCUT2D eigenvalue weighted by Crippen LogP contribution is -2.32. The van der Waals surface area contributed by atoms with Gasteiger partial charge in [-0.05, 0) is 43.2 Å². The summed E-state index contributed by atoms with van der Waals surface area (Å²) in [7, 11) is 0. The van der Waals surface area contributed by atoms with Crippen LogP contribution in [0.4, 0.5) is 5.69 Å². The predicted molar refractivity (Wildman–Crippen MR) is 71.8 cm³/mol. The van der Waals surface area contributed by atoms with Gasteiger partial charge in [0.2, 0.25) is 11.8 Å². The van der Waals surface area contributed by atoms with Gasteiger partial charge in [-0.1, -0.05) is 23.7 Å². The molecule has 1 aromatic rings. The molecule has 0 radical (unpaired) electrons. The average molecular weight is 276 g/mol. The topological polar surface area (TPSA) is 37.4 Å². The van der Waals surface area contributed by atoms with Gasteiger partial charge in [0.1, 0.15) is 0 Å². The highest BCUT2D eigenvalue weighted by Gasteiger charge is 2.61. The van der Waals surface area contributed by atoms with Crippen LogP contribution in [0.3, 0.4) is 0 Å². The maximum absolute atomic E-state index is 12.6. The van der Waals surface area contributed by atoms with Gasteiger partial charge in [-0.25, -0.2) is 4.90 Å². The second kappa shape index (κ2) is 3.83. The van der Waals surface area contributed by atoms with Crippen LogP contribution in [0.15, 0.2) is 24.3 Å². The molecule has 2 amide bonds. The Hall–Kier alpha value is -1.35. The van der Waals surface area contributed by atoms with Crippen molar-refractivity contribution in [3.8, 4) is 0 Å². The Morgan fingerprint density at radius 3 is 2.16 bits per heavy atom. The molecule has 4 heteroatoms. The first-order valence-corrected chi connectivity index (χ1v) is 7.18. The van der Waals surface area contributed by atoms with Crippen molar-refractivity contribution in [1.29, 1.82) is 0 Å². The van der Waals surface area contributed by atoms with Crippen LogP contribution in [0.2, 0.25) is 5.02 Å². The molecule has 1 aromatic carbocycles. The Balaban J connectivity index is 1.78. The van der Waals surface area contributed by atoms with E-state index in [4.69, 9.17) is 11.6 Å². The van der Waals surface area contributed by atoms with E-state index in [9.17, 15) is 9.59 Å². The molecule has 0 aromatic heterocycles. The van der Waals surface area contributed by atoms with Crippen LogP contribution in [0.5, 0.6) is 0 Å². The maximum atomic E-state index is 12.6. The van der Waals surface area contributed by atoms with Gasteiger partial charge >= 0.3 is 0 Å². The maximum Gasteiger partial charge on any atom is 0.238 e. The highest BCUT2D eigenvalue weighted by Crippen LogP contribution is 2.56. The SMILES string of the molecule is O=C1[C@@H]2[C@@H]3CC[C@H](C3)[C@@H]2C(=O)N1c1ccccc1Cl. The van der Waals surface area contributed by atoms with Crippen molar-refractivity contribution in [2.45, 2.75) is 19.3 Å². The second-order valence-corrected chi connectivity index (χ2v) is 6.26. The molecule has 2 saturated carbocycles. The molecule has 4 rings (SSSR count). The van der Waals surface area contributed by atoms with Gasteiger partial charge in [0, 0.05) is 0 Å². The number of benzene rings is 1. The highest BCUT2D eigenvalue weighted by molar-refractivity contribution is 6.36. The summed E-state index contributed by atoms with van der Waals surface area (Å²) in [6, 6.07) is 7.09. The Kier molecular flexibility index (Phi) is 2.31. The number of para-hydroxylation sites is 1. The van der Waals surface area contributed by atoms with Crippen molar-refractivity contribution in [2.75, 3.05) is 4.90 Å². The summed E-state index contributed by atoms with van der Waals surface area (Å²) in [4.78, 5) is 26.5. The largest absolute Gasteiger partial charge is 0.274 e. The molecule has 4 atom stereocenters. The van der Waals surface area contributed by atoms with Crippen molar-refractivity contribution in [3.63, 3.8) is 0 Å². The van der Waals surface area contributed by atoms with E-state index < -0.39 is 0 Å². The third-order valence-electron chi connectivity index (χ3n) is 5.02. The van der Waals surface area contributed by atoms with E-state index in [0.29, 0.717) is 22.5 Å². The zero-order chi connectivity index (χ0) is 13.1. The Labute approximate surface area is 116 Å². The number of hydrogen-bond acceptors (Lipinski definition) is 2. The number of rotatable bonds is 1. The van der Waals surface area contributed by atoms with Crippen molar-refractivity contribution in [1.82, 2.24) is 0 Å². The number of halogens is 1. The number of carbonyl (C=O) groups is 2. The molecule has 3 nitrogen and oxygen atoms in total. The van der Waals surface area contributed by atoms with Gasteiger partial charge in [0.15, 0.2) is 0 Å². The zero-order valence-electron chi connectivity index (χ0n) is 10.4. The second-order valence-electron chi connectivity index (χ2n) is 5.85. The first kappa shape index (κ1) is 11.5.